The molecule has 0 aliphatic heterocycles. The van der Waals surface area contributed by atoms with E-state index in [9.17, 15) is 14.4 Å². The zero-order valence-corrected chi connectivity index (χ0v) is 17.7. The van der Waals surface area contributed by atoms with Crippen molar-refractivity contribution >= 4 is 34.8 Å². The fourth-order valence-electron chi connectivity index (χ4n) is 3.12. The Bertz CT molecular complexity index is 1340. The number of nitrogens with zero attached hydrogens (tertiary/aromatic N) is 5. The number of methoxy groups -OCH3 is 1. The molecule has 170 valence electrons. The molecule has 0 bridgehead atoms. The summed E-state index contributed by atoms with van der Waals surface area (Å²) in [7, 11) is 3.16. The summed E-state index contributed by atoms with van der Waals surface area (Å²) in [5.74, 6) is -2.13. The Balaban J connectivity index is 1.71. The molecular formula is C21H22N8O4. The summed E-state index contributed by atoms with van der Waals surface area (Å²) in [6, 6.07) is 6.35. The van der Waals surface area contributed by atoms with E-state index < -0.39 is 24.6 Å². The molecule has 1 aliphatic carbocycles. The van der Waals surface area contributed by atoms with Crippen molar-refractivity contribution in [1.82, 2.24) is 30.3 Å². The lowest BCUT2D eigenvalue weighted by Gasteiger charge is -2.16. The summed E-state index contributed by atoms with van der Waals surface area (Å²) in [6.07, 6.45) is 2.83. The van der Waals surface area contributed by atoms with E-state index in [1.807, 2.05) is 5.32 Å². The van der Waals surface area contributed by atoms with Gasteiger partial charge in [0, 0.05) is 30.1 Å². The number of hydrogen-bond donors (Lipinski definition) is 3. The lowest BCUT2D eigenvalue weighted by Crippen LogP contribution is -2.26. The second-order valence-electron chi connectivity index (χ2n) is 7.29. The molecule has 2 heterocycles. The van der Waals surface area contributed by atoms with Gasteiger partial charge in [-0.1, -0.05) is 6.07 Å². The van der Waals surface area contributed by atoms with E-state index in [4.69, 9.17) is 8.85 Å². The van der Waals surface area contributed by atoms with E-state index in [0.717, 1.165) is 0 Å². The average molecular weight is 453 g/mol. The first-order valence-electron chi connectivity index (χ1n) is 11.4. The first-order valence-corrected chi connectivity index (χ1v) is 9.91. The van der Waals surface area contributed by atoms with Crippen molar-refractivity contribution in [1.29, 1.82) is 0 Å². The molecule has 1 aromatic carbocycles. The molecule has 2 aromatic heterocycles. The van der Waals surface area contributed by atoms with Gasteiger partial charge in [0.05, 0.1) is 24.0 Å². The van der Waals surface area contributed by atoms with Crippen molar-refractivity contribution in [3.63, 3.8) is 0 Å². The van der Waals surface area contributed by atoms with Gasteiger partial charge in [-0.2, -0.15) is 5.10 Å². The third-order valence-corrected chi connectivity index (χ3v) is 4.87. The monoisotopic (exact) mass is 453 g/mol. The van der Waals surface area contributed by atoms with Crippen molar-refractivity contribution in [2.75, 3.05) is 24.7 Å². The van der Waals surface area contributed by atoms with Crippen LogP contribution in [-0.4, -0.2) is 56.6 Å². The molecule has 1 fully saturated rings. The summed E-state index contributed by atoms with van der Waals surface area (Å²) >= 11 is 0. The largest absolute Gasteiger partial charge is 0.494 e. The van der Waals surface area contributed by atoms with Gasteiger partial charge in [0.15, 0.2) is 23.1 Å². The lowest BCUT2D eigenvalue weighted by molar-refractivity contribution is -0.135. The van der Waals surface area contributed by atoms with E-state index in [1.54, 1.807) is 25.2 Å². The van der Waals surface area contributed by atoms with Crippen LogP contribution >= 0.6 is 0 Å². The molecular weight excluding hydrogens is 428 g/mol. The van der Waals surface area contributed by atoms with Crippen LogP contribution in [-0.2, 0) is 16.6 Å². The van der Waals surface area contributed by atoms with Crippen LogP contribution in [0.5, 0.6) is 5.75 Å². The molecule has 2 amide bonds. The van der Waals surface area contributed by atoms with Gasteiger partial charge in [-0.05, 0) is 25.0 Å². The number of aryl methyl sites for hydroxylation is 1. The fourth-order valence-corrected chi connectivity index (χ4v) is 3.12. The third kappa shape index (κ3) is 4.63. The van der Waals surface area contributed by atoms with Crippen LogP contribution < -0.4 is 20.7 Å². The Morgan fingerprint density at radius 2 is 2.03 bits per heavy atom. The van der Waals surface area contributed by atoms with Crippen molar-refractivity contribution in [3.05, 3.63) is 36.3 Å². The molecule has 0 atom stereocenters. The van der Waals surface area contributed by atoms with E-state index >= 15 is 0 Å². The number of ether oxygens (including phenoxy) is 1. The maximum absolute atomic E-state index is 12.6. The normalized spacial score (nSPS) is 14.4. The molecule has 4 rings (SSSR count). The summed E-state index contributed by atoms with van der Waals surface area (Å²) in [6.45, 7) is -2.78. The van der Waals surface area contributed by atoms with Crippen LogP contribution in [0.1, 0.15) is 27.4 Å². The summed E-state index contributed by atoms with van der Waals surface area (Å²) < 4.78 is 29.1. The van der Waals surface area contributed by atoms with E-state index in [0.29, 0.717) is 35.7 Å². The number of benzene rings is 1. The van der Waals surface area contributed by atoms with Gasteiger partial charge in [-0.15, -0.1) is 10.2 Å². The molecule has 0 saturated heterocycles. The van der Waals surface area contributed by atoms with Crippen LogP contribution in [0.25, 0.3) is 11.4 Å². The molecule has 3 N–H and O–H groups in total. The lowest BCUT2D eigenvalue weighted by atomic mass is 10.1. The van der Waals surface area contributed by atoms with Gasteiger partial charge in [0.25, 0.3) is 11.8 Å². The first kappa shape index (κ1) is 18.2. The van der Waals surface area contributed by atoms with Gasteiger partial charge in [-0.3, -0.25) is 19.1 Å². The number of hydrogen-bond acceptors (Lipinski definition) is 9. The average Bonchev–Trinajstić information content (AvgIpc) is 3.57. The number of carbonyl (C=O) groups excluding carboxylic acids is 3. The minimum absolute atomic E-state index is 0.00495. The molecule has 3 aromatic rings. The highest BCUT2D eigenvalue weighted by Crippen LogP contribution is 2.37. The SMILES string of the molecule is [2H]C([2H])([2H])NC(=O)c1nnc(NC(=O)C(=O)C2CC2)cc1Nc1cccc(-c2ncn(C)n2)c1OC. The summed E-state index contributed by atoms with van der Waals surface area (Å²) in [5, 5.41) is 19.1. The molecule has 12 heteroatoms. The highest BCUT2D eigenvalue weighted by Gasteiger charge is 2.34. The molecule has 33 heavy (non-hydrogen) atoms. The Morgan fingerprint density at radius 3 is 2.70 bits per heavy atom. The second-order valence-corrected chi connectivity index (χ2v) is 7.29. The van der Waals surface area contributed by atoms with Gasteiger partial charge < -0.3 is 20.7 Å². The highest BCUT2D eigenvalue weighted by molar-refractivity contribution is 6.41. The Hall–Kier alpha value is -4.35. The topological polar surface area (TPSA) is 153 Å². The highest BCUT2D eigenvalue weighted by atomic mass is 16.5. The number of rotatable bonds is 8. The van der Waals surface area contributed by atoms with Crippen LogP contribution in [0.4, 0.5) is 17.2 Å². The predicted octanol–water partition coefficient (Wildman–Crippen LogP) is 1.30. The number of anilines is 3. The van der Waals surface area contributed by atoms with E-state index in [2.05, 4.69) is 30.9 Å². The third-order valence-electron chi connectivity index (χ3n) is 4.87. The number of para-hydroxylation sites is 1. The van der Waals surface area contributed by atoms with Crippen molar-refractivity contribution in [3.8, 4) is 17.1 Å². The van der Waals surface area contributed by atoms with Crippen molar-refractivity contribution in [2.24, 2.45) is 13.0 Å². The standard InChI is InChI=1S/C21H22N8O4/c1-22-20(31)16-14(9-15(26-27-16)25-21(32)17(30)11-7-8-11)24-13-6-4-5-12(18(13)33-3)19-23-10-29(2)28-19/h4-6,9-11H,7-8H2,1-3H3,(H,22,31)(H2,24,25,26,32)/i1D3. The fraction of sp³-hybridized carbons (Fsp3) is 0.286. The van der Waals surface area contributed by atoms with Crippen molar-refractivity contribution < 1.29 is 23.2 Å². The smallest absolute Gasteiger partial charge is 0.293 e. The van der Waals surface area contributed by atoms with Crippen LogP contribution in [0.15, 0.2) is 30.6 Å². The number of Topliss-reactive ketones (excluding diaryl/α,β-unsaturated/α-hetero) is 1. The maximum Gasteiger partial charge on any atom is 0.293 e. The minimum Gasteiger partial charge on any atom is -0.494 e. The Morgan fingerprint density at radius 1 is 1.21 bits per heavy atom. The van der Waals surface area contributed by atoms with Gasteiger partial charge >= 0.3 is 0 Å². The summed E-state index contributed by atoms with van der Waals surface area (Å²) in [5.41, 5.74) is 0.554. The number of amides is 2. The van der Waals surface area contributed by atoms with Crippen LogP contribution in [0.3, 0.4) is 0 Å². The van der Waals surface area contributed by atoms with E-state index in [-0.39, 0.29) is 23.1 Å². The van der Waals surface area contributed by atoms with E-state index in [1.165, 1.54) is 24.2 Å². The molecule has 0 spiro atoms. The summed E-state index contributed by atoms with van der Waals surface area (Å²) in [4.78, 5) is 41.2. The molecule has 0 unspecified atom stereocenters. The van der Waals surface area contributed by atoms with Crippen LogP contribution in [0, 0.1) is 5.92 Å². The Kier molecular flexibility index (Phi) is 4.99. The maximum atomic E-state index is 12.6. The molecule has 12 nitrogen and oxygen atoms in total. The van der Waals surface area contributed by atoms with Gasteiger partial charge in [-0.25, -0.2) is 4.98 Å². The quantitative estimate of drug-likeness (QED) is 0.428. The first-order chi connectivity index (χ1) is 17.1. The van der Waals surface area contributed by atoms with Crippen molar-refractivity contribution in [2.45, 2.75) is 12.8 Å². The molecule has 1 saturated carbocycles. The molecule has 1 aliphatic rings. The zero-order chi connectivity index (χ0) is 26.0. The number of nitrogens with one attached hydrogen (secondary N) is 3. The predicted molar refractivity (Wildman–Crippen MR) is 118 cm³/mol. The number of aromatic nitrogens is 5. The van der Waals surface area contributed by atoms with Gasteiger partial charge in [0.1, 0.15) is 6.33 Å². The minimum atomic E-state index is -2.78. The zero-order valence-electron chi connectivity index (χ0n) is 20.7. The van der Waals surface area contributed by atoms with Gasteiger partial charge in [0.2, 0.25) is 5.78 Å². The Labute approximate surface area is 193 Å². The van der Waals surface area contributed by atoms with Crippen LogP contribution in [0.2, 0.25) is 0 Å². The second kappa shape index (κ2) is 9.02. The molecule has 0 radical (unpaired) electrons. The number of ketones is 1. The number of carbonyl (C=O) groups is 3.